The molecule has 0 aromatic rings. The molecule has 0 spiro atoms. The number of methoxy groups -OCH3 is 1. The third-order valence-electron chi connectivity index (χ3n) is 3.40. The van der Waals surface area contributed by atoms with Gasteiger partial charge in [0.05, 0.1) is 6.61 Å². The second-order valence-electron chi connectivity index (χ2n) is 5.08. The number of urea groups is 1. The molecule has 1 atom stereocenters. The molecule has 0 radical (unpaired) electrons. The number of nitrogens with one attached hydrogen (secondary N) is 2. The first-order valence-electron chi connectivity index (χ1n) is 7.08. The summed E-state index contributed by atoms with van der Waals surface area (Å²) in [4.78, 5) is 25.0. The number of rotatable bonds is 7. The quantitative estimate of drug-likeness (QED) is 0.625. The molecule has 0 aromatic heterocycles. The standard InChI is InChI=1S/C13H25N3O4/c1-3-6-16-7-4-10(5-8-16)14-13(19)15-11(9-20-2)12(17)18/h10-11H,3-9H2,1-2H3,(H,17,18)(H2,14,15,19). The Bertz CT molecular complexity index is 317. The van der Waals surface area contributed by atoms with Gasteiger partial charge in [0, 0.05) is 26.2 Å². The Balaban J connectivity index is 2.30. The number of piperidine rings is 1. The highest BCUT2D eigenvalue weighted by molar-refractivity contribution is 5.82. The van der Waals surface area contributed by atoms with Crippen LogP contribution in [0.25, 0.3) is 0 Å². The van der Waals surface area contributed by atoms with Gasteiger partial charge in [-0.25, -0.2) is 9.59 Å². The average molecular weight is 287 g/mol. The van der Waals surface area contributed by atoms with Crippen LogP contribution in [-0.2, 0) is 9.53 Å². The van der Waals surface area contributed by atoms with Crippen molar-refractivity contribution in [3.8, 4) is 0 Å². The van der Waals surface area contributed by atoms with E-state index in [4.69, 9.17) is 9.84 Å². The Kier molecular flexibility index (Phi) is 7.32. The first-order chi connectivity index (χ1) is 9.56. The summed E-state index contributed by atoms with van der Waals surface area (Å²) in [5, 5.41) is 14.2. The summed E-state index contributed by atoms with van der Waals surface area (Å²) in [7, 11) is 1.40. The Morgan fingerprint density at radius 2 is 2.05 bits per heavy atom. The van der Waals surface area contributed by atoms with Crippen molar-refractivity contribution in [1.29, 1.82) is 0 Å². The number of carbonyl (C=O) groups excluding carboxylic acids is 1. The summed E-state index contributed by atoms with van der Waals surface area (Å²) in [5.41, 5.74) is 0. The van der Waals surface area contributed by atoms with Crippen LogP contribution >= 0.6 is 0 Å². The molecule has 1 unspecified atom stereocenters. The topological polar surface area (TPSA) is 90.9 Å². The Labute approximate surface area is 119 Å². The number of aliphatic carboxylic acids is 1. The lowest BCUT2D eigenvalue weighted by Gasteiger charge is -2.32. The molecule has 116 valence electrons. The van der Waals surface area contributed by atoms with Crippen molar-refractivity contribution in [3.63, 3.8) is 0 Å². The van der Waals surface area contributed by atoms with Gasteiger partial charge in [-0.3, -0.25) is 0 Å². The largest absolute Gasteiger partial charge is 0.480 e. The van der Waals surface area contributed by atoms with E-state index < -0.39 is 18.0 Å². The minimum Gasteiger partial charge on any atom is -0.480 e. The molecule has 1 saturated heterocycles. The highest BCUT2D eigenvalue weighted by Crippen LogP contribution is 2.10. The molecule has 1 heterocycles. The van der Waals surface area contributed by atoms with Crippen molar-refractivity contribution in [1.82, 2.24) is 15.5 Å². The molecule has 0 bridgehead atoms. The molecular formula is C13H25N3O4. The van der Waals surface area contributed by atoms with Gasteiger partial charge in [-0.15, -0.1) is 0 Å². The minimum absolute atomic E-state index is 0.0440. The van der Waals surface area contributed by atoms with Gasteiger partial charge in [0.2, 0.25) is 0 Å². The average Bonchev–Trinajstić information content (AvgIpc) is 2.40. The summed E-state index contributed by atoms with van der Waals surface area (Å²) in [6.07, 6.45) is 2.93. The molecule has 2 amide bonds. The highest BCUT2D eigenvalue weighted by Gasteiger charge is 2.23. The molecule has 1 aliphatic rings. The van der Waals surface area contributed by atoms with Gasteiger partial charge in [0.15, 0.2) is 6.04 Å². The third kappa shape index (κ3) is 5.75. The molecule has 0 aliphatic carbocycles. The number of hydrogen-bond donors (Lipinski definition) is 3. The van der Waals surface area contributed by atoms with Gasteiger partial charge in [0.1, 0.15) is 0 Å². The van der Waals surface area contributed by atoms with E-state index in [0.29, 0.717) is 0 Å². The number of carboxylic acid groups (broad SMARTS) is 1. The Morgan fingerprint density at radius 3 is 2.55 bits per heavy atom. The molecule has 1 aliphatic heterocycles. The van der Waals surface area contributed by atoms with Crippen LogP contribution in [0.3, 0.4) is 0 Å². The molecule has 0 saturated carbocycles. The van der Waals surface area contributed by atoms with Crippen LogP contribution in [0, 0.1) is 0 Å². The maximum absolute atomic E-state index is 11.8. The van der Waals surface area contributed by atoms with Crippen molar-refractivity contribution < 1.29 is 19.4 Å². The maximum atomic E-state index is 11.8. The monoisotopic (exact) mass is 287 g/mol. The van der Waals surface area contributed by atoms with Gasteiger partial charge < -0.3 is 25.4 Å². The number of ether oxygens (including phenoxy) is 1. The zero-order chi connectivity index (χ0) is 15.0. The predicted octanol–water partition coefficient (Wildman–Crippen LogP) is 0.260. The van der Waals surface area contributed by atoms with Crippen molar-refractivity contribution in [2.45, 2.75) is 38.3 Å². The van der Waals surface area contributed by atoms with Gasteiger partial charge >= 0.3 is 12.0 Å². The smallest absolute Gasteiger partial charge is 0.328 e. The third-order valence-corrected chi connectivity index (χ3v) is 3.40. The number of amides is 2. The predicted molar refractivity (Wildman–Crippen MR) is 74.7 cm³/mol. The fourth-order valence-corrected chi connectivity index (χ4v) is 2.34. The Morgan fingerprint density at radius 1 is 1.40 bits per heavy atom. The van der Waals surface area contributed by atoms with E-state index in [1.807, 2.05) is 0 Å². The lowest BCUT2D eigenvalue weighted by atomic mass is 10.1. The molecule has 3 N–H and O–H groups in total. The van der Waals surface area contributed by atoms with Crippen molar-refractivity contribution in [2.75, 3.05) is 33.4 Å². The number of hydrogen-bond acceptors (Lipinski definition) is 4. The van der Waals surface area contributed by atoms with E-state index in [1.165, 1.54) is 7.11 Å². The molecule has 7 nitrogen and oxygen atoms in total. The van der Waals surface area contributed by atoms with Gasteiger partial charge in [0.25, 0.3) is 0 Å². The van der Waals surface area contributed by atoms with E-state index in [0.717, 1.165) is 38.9 Å². The fourth-order valence-electron chi connectivity index (χ4n) is 2.34. The van der Waals surface area contributed by atoms with Crippen LogP contribution in [0.15, 0.2) is 0 Å². The summed E-state index contributed by atoms with van der Waals surface area (Å²) in [6.45, 7) is 5.14. The van der Waals surface area contributed by atoms with Crippen LogP contribution in [0.2, 0.25) is 0 Å². The SMILES string of the molecule is CCCN1CCC(NC(=O)NC(COC)C(=O)O)CC1. The van der Waals surface area contributed by atoms with E-state index in [2.05, 4.69) is 22.5 Å². The summed E-state index contributed by atoms with van der Waals surface area (Å²) in [6, 6.07) is -1.34. The second kappa shape index (κ2) is 8.76. The molecule has 20 heavy (non-hydrogen) atoms. The summed E-state index contributed by atoms with van der Waals surface area (Å²) in [5.74, 6) is -1.10. The number of likely N-dealkylation sites (tertiary alicyclic amines) is 1. The number of carboxylic acids is 1. The number of nitrogens with zero attached hydrogens (tertiary/aromatic N) is 1. The van der Waals surface area contributed by atoms with Crippen LogP contribution < -0.4 is 10.6 Å². The van der Waals surface area contributed by atoms with Crippen LogP contribution in [0.4, 0.5) is 4.79 Å². The van der Waals surface area contributed by atoms with Gasteiger partial charge in [-0.2, -0.15) is 0 Å². The first kappa shape index (κ1) is 16.7. The van der Waals surface area contributed by atoms with Crippen molar-refractivity contribution in [2.24, 2.45) is 0 Å². The molecule has 7 heteroatoms. The molecule has 1 rings (SSSR count). The lowest BCUT2D eigenvalue weighted by molar-refractivity contribution is -0.140. The molecule has 0 aromatic carbocycles. The summed E-state index contributed by atoms with van der Waals surface area (Å²) < 4.78 is 4.77. The lowest BCUT2D eigenvalue weighted by Crippen LogP contribution is -2.52. The number of carbonyl (C=O) groups is 2. The maximum Gasteiger partial charge on any atom is 0.328 e. The molecule has 1 fully saturated rings. The van der Waals surface area contributed by atoms with Crippen LogP contribution in [0.1, 0.15) is 26.2 Å². The highest BCUT2D eigenvalue weighted by atomic mass is 16.5. The molecular weight excluding hydrogens is 262 g/mol. The van der Waals surface area contributed by atoms with E-state index >= 15 is 0 Å². The summed E-state index contributed by atoms with van der Waals surface area (Å²) >= 11 is 0. The van der Waals surface area contributed by atoms with E-state index in [1.54, 1.807) is 0 Å². The van der Waals surface area contributed by atoms with E-state index in [9.17, 15) is 9.59 Å². The normalized spacial score (nSPS) is 18.5. The van der Waals surface area contributed by atoms with E-state index in [-0.39, 0.29) is 12.6 Å². The zero-order valence-corrected chi connectivity index (χ0v) is 12.2. The fraction of sp³-hybridized carbons (Fsp3) is 0.846. The van der Waals surface area contributed by atoms with Crippen LogP contribution in [-0.4, -0.2) is 67.4 Å². The second-order valence-corrected chi connectivity index (χ2v) is 5.08. The van der Waals surface area contributed by atoms with Crippen molar-refractivity contribution in [3.05, 3.63) is 0 Å². The van der Waals surface area contributed by atoms with Gasteiger partial charge in [-0.05, 0) is 25.8 Å². The first-order valence-corrected chi connectivity index (χ1v) is 7.08. The van der Waals surface area contributed by atoms with Gasteiger partial charge in [-0.1, -0.05) is 6.92 Å². The van der Waals surface area contributed by atoms with Crippen molar-refractivity contribution >= 4 is 12.0 Å². The Hall–Kier alpha value is -1.34. The van der Waals surface area contributed by atoms with Crippen LogP contribution in [0.5, 0.6) is 0 Å². The zero-order valence-electron chi connectivity index (χ0n) is 12.2. The minimum atomic E-state index is -1.10.